The Hall–Kier alpha value is -2.35. The van der Waals surface area contributed by atoms with Crippen molar-refractivity contribution in [1.82, 2.24) is 14.9 Å². The lowest BCUT2D eigenvalue weighted by Gasteiger charge is -2.12. The molecule has 1 N–H and O–H groups in total. The molecule has 2 rings (SSSR count). The normalized spacial score (nSPS) is 10.9. The zero-order valence-electron chi connectivity index (χ0n) is 12.9. The number of aromatic nitrogens is 3. The van der Waals surface area contributed by atoms with Crippen LogP contribution in [0, 0.1) is 4.77 Å². The number of nitrogens with one attached hydrogen (secondary N) is 1. The summed E-state index contributed by atoms with van der Waals surface area (Å²) in [6.07, 6.45) is 2.38. The minimum Gasteiger partial charge on any atom is -0.493 e. The summed E-state index contributed by atoms with van der Waals surface area (Å²) in [5.74, 6) is 2.43. The molecule has 8 heteroatoms. The fourth-order valence-electron chi connectivity index (χ4n) is 1.97. The van der Waals surface area contributed by atoms with Crippen LogP contribution in [0.1, 0.15) is 18.3 Å². The Morgan fingerprint density at radius 2 is 1.86 bits per heavy atom. The molecule has 1 aromatic carbocycles. The van der Waals surface area contributed by atoms with E-state index in [4.69, 9.17) is 26.4 Å². The lowest BCUT2D eigenvalue weighted by molar-refractivity contribution is 0.324. The van der Waals surface area contributed by atoms with Crippen molar-refractivity contribution in [3.8, 4) is 17.2 Å². The van der Waals surface area contributed by atoms with E-state index < -0.39 is 0 Å². The summed E-state index contributed by atoms with van der Waals surface area (Å²) in [6, 6.07) is 3.61. The Morgan fingerprint density at radius 3 is 2.36 bits per heavy atom. The Morgan fingerprint density at radius 1 is 1.23 bits per heavy atom. The quantitative estimate of drug-likeness (QED) is 0.653. The number of H-pyrrole nitrogens is 1. The molecule has 118 valence electrons. The van der Waals surface area contributed by atoms with Crippen LogP contribution in [0.4, 0.5) is 0 Å². The van der Waals surface area contributed by atoms with Gasteiger partial charge < -0.3 is 14.2 Å². The van der Waals surface area contributed by atoms with Crippen LogP contribution in [0.15, 0.2) is 17.2 Å². The van der Waals surface area contributed by atoms with E-state index in [0.717, 1.165) is 17.8 Å². The van der Waals surface area contributed by atoms with E-state index in [1.807, 2.05) is 6.92 Å². The van der Waals surface area contributed by atoms with Gasteiger partial charge in [-0.3, -0.25) is 5.10 Å². The van der Waals surface area contributed by atoms with E-state index in [0.29, 0.717) is 22.0 Å². The minimum atomic E-state index is 0.445. The minimum absolute atomic E-state index is 0.445. The molecule has 0 spiro atoms. The third kappa shape index (κ3) is 3.11. The highest BCUT2D eigenvalue weighted by Gasteiger charge is 2.12. The third-order valence-electron chi connectivity index (χ3n) is 3.04. The van der Waals surface area contributed by atoms with Crippen molar-refractivity contribution in [2.24, 2.45) is 5.10 Å². The molecule has 1 heterocycles. The van der Waals surface area contributed by atoms with Gasteiger partial charge in [0.1, 0.15) is 0 Å². The summed E-state index contributed by atoms with van der Waals surface area (Å²) in [5.41, 5.74) is 0.791. The SMILES string of the molecule is CCc1n[nH]c(=S)n1N=Cc1cc(OC)c(OC)c(OC)c1. The van der Waals surface area contributed by atoms with E-state index >= 15 is 0 Å². The number of hydrogen-bond donors (Lipinski definition) is 1. The molecule has 0 saturated carbocycles. The molecule has 0 aliphatic rings. The molecule has 0 radical (unpaired) electrons. The highest BCUT2D eigenvalue weighted by Crippen LogP contribution is 2.37. The van der Waals surface area contributed by atoms with Crippen LogP contribution >= 0.6 is 12.2 Å². The van der Waals surface area contributed by atoms with E-state index in [2.05, 4.69) is 15.3 Å². The number of rotatable bonds is 6. The average Bonchev–Trinajstić information content (AvgIpc) is 2.91. The van der Waals surface area contributed by atoms with E-state index in [9.17, 15) is 0 Å². The Labute approximate surface area is 133 Å². The first-order chi connectivity index (χ1) is 10.6. The summed E-state index contributed by atoms with van der Waals surface area (Å²) in [6.45, 7) is 1.98. The van der Waals surface area contributed by atoms with Crippen LogP contribution in [0.5, 0.6) is 17.2 Å². The maximum Gasteiger partial charge on any atom is 0.216 e. The Kier molecular flexibility index (Phi) is 5.16. The number of hydrogen-bond acceptors (Lipinski definition) is 6. The van der Waals surface area contributed by atoms with Crippen molar-refractivity contribution in [1.29, 1.82) is 0 Å². The second-order valence-corrected chi connectivity index (χ2v) is 4.70. The van der Waals surface area contributed by atoms with E-state index in [-0.39, 0.29) is 0 Å². The second-order valence-electron chi connectivity index (χ2n) is 4.31. The molecule has 0 fully saturated rings. The molecule has 0 unspecified atom stereocenters. The molecule has 0 atom stereocenters. The Bertz CT molecular complexity index is 711. The number of methoxy groups -OCH3 is 3. The number of aryl methyl sites for hydroxylation is 1. The molecular weight excluding hydrogens is 304 g/mol. The van der Waals surface area contributed by atoms with Gasteiger partial charge in [0.25, 0.3) is 0 Å². The molecule has 22 heavy (non-hydrogen) atoms. The molecule has 0 saturated heterocycles. The zero-order valence-corrected chi connectivity index (χ0v) is 13.7. The standard InChI is InChI=1S/C14H18N4O3S/c1-5-12-16-17-14(22)18(12)15-8-9-6-10(19-2)13(21-4)11(7-9)20-3/h6-8H,5H2,1-4H3,(H,17,22). The smallest absolute Gasteiger partial charge is 0.216 e. The molecule has 2 aromatic rings. The molecule has 7 nitrogen and oxygen atoms in total. The first-order valence-corrected chi connectivity index (χ1v) is 7.06. The van der Waals surface area contributed by atoms with Crippen molar-refractivity contribution in [2.45, 2.75) is 13.3 Å². The molecule has 0 aliphatic carbocycles. The van der Waals surface area contributed by atoms with Crippen molar-refractivity contribution < 1.29 is 14.2 Å². The summed E-state index contributed by atoms with van der Waals surface area (Å²) in [7, 11) is 4.70. The summed E-state index contributed by atoms with van der Waals surface area (Å²) < 4.78 is 17.9. The van der Waals surface area contributed by atoms with Crippen molar-refractivity contribution in [2.75, 3.05) is 21.3 Å². The number of aromatic amines is 1. The molecule has 0 amide bonds. The second kappa shape index (κ2) is 7.08. The van der Waals surface area contributed by atoms with Gasteiger partial charge in [0.05, 0.1) is 27.5 Å². The predicted octanol–water partition coefficient (Wildman–Crippen LogP) is 2.41. The average molecular weight is 322 g/mol. The van der Waals surface area contributed by atoms with Gasteiger partial charge >= 0.3 is 0 Å². The van der Waals surface area contributed by atoms with Gasteiger partial charge in [-0.1, -0.05) is 6.92 Å². The topological polar surface area (TPSA) is 73.7 Å². The van der Waals surface area contributed by atoms with Crippen LogP contribution < -0.4 is 14.2 Å². The van der Waals surface area contributed by atoms with Crippen LogP contribution in [0.25, 0.3) is 0 Å². The van der Waals surface area contributed by atoms with Gasteiger partial charge in [0.2, 0.25) is 10.5 Å². The molecule has 0 bridgehead atoms. The fraction of sp³-hybridized carbons (Fsp3) is 0.357. The maximum absolute atomic E-state index is 5.31. The van der Waals surface area contributed by atoms with Gasteiger partial charge in [-0.05, 0) is 24.4 Å². The van der Waals surface area contributed by atoms with Crippen LogP contribution in [0.2, 0.25) is 0 Å². The van der Waals surface area contributed by atoms with E-state index in [1.54, 1.807) is 44.4 Å². The molecular formula is C14H18N4O3S. The summed E-state index contributed by atoms with van der Waals surface area (Å²) in [4.78, 5) is 0. The van der Waals surface area contributed by atoms with Crippen molar-refractivity contribution >= 4 is 18.4 Å². The van der Waals surface area contributed by atoms with Gasteiger partial charge in [0, 0.05) is 12.0 Å². The third-order valence-corrected chi connectivity index (χ3v) is 3.31. The van der Waals surface area contributed by atoms with Gasteiger partial charge in [0.15, 0.2) is 17.3 Å². The van der Waals surface area contributed by atoms with E-state index in [1.165, 1.54) is 0 Å². The first kappa shape index (κ1) is 16.0. The highest BCUT2D eigenvalue weighted by molar-refractivity contribution is 7.71. The number of ether oxygens (including phenoxy) is 3. The van der Waals surface area contributed by atoms with Crippen LogP contribution in [-0.4, -0.2) is 42.4 Å². The molecule has 0 aliphatic heterocycles. The van der Waals surface area contributed by atoms with Gasteiger partial charge in [-0.2, -0.15) is 14.9 Å². The monoisotopic (exact) mass is 322 g/mol. The van der Waals surface area contributed by atoms with Crippen molar-refractivity contribution in [3.63, 3.8) is 0 Å². The Balaban J connectivity index is 2.43. The van der Waals surface area contributed by atoms with Gasteiger partial charge in [-0.15, -0.1) is 0 Å². The first-order valence-electron chi connectivity index (χ1n) is 6.65. The summed E-state index contributed by atoms with van der Waals surface area (Å²) >= 11 is 5.15. The predicted molar refractivity (Wildman–Crippen MR) is 85.9 cm³/mol. The highest BCUT2D eigenvalue weighted by atomic mass is 32.1. The van der Waals surface area contributed by atoms with Crippen LogP contribution in [-0.2, 0) is 6.42 Å². The fourth-order valence-corrected chi connectivity index (χ4v) is 2.17. The lowest BCUT2D eigenvalue weighted by atomic mass is 10.2. The van der Waals surface area contributed by atoms with Crippen molar-refractivity contribution in [3.05, 3.63) is 28.3 Å². The number of nitrogens with zero attached hydrogens (tertiary/aromatic N) is 3. The largest absolute Gasteiger partial charge is 0.493 e. The molecule has 1 aromatic heterocycles. The number of benzene rings is 1. The maximum atomic E-state index is 5.31. The van der Waals surface area contributed by atoms with Gasteiger partial charge in [-0.25, -0.2) is 0 Å². The van der Waals surface area contributed by atoms with Crippen LogP contribution in [0.3, 0.4) is 0 Å². The zero-order chi connectivity index (χ0) is 16.1. The lowest BCUT2D eigenvalue weighted by Crippen LogP contribution is -1.99. The summed E-state index contributed by atoms with van der Waals surface area (Å²) in [5, 5.41) is 11.2.